The first kappa shape index (κ1) is 13.2. The van der Waals surface area contributed by atoms with E-state index in [1.165, 1.54) is 12.4 Å². The minimum Gasteiger partial charge on any atom is -0.381 e. The highest BCUT2D eigenvalue weighted by atomic mass is 32.2. The molecule has 0 amide bonds. The molecule has 1 aliphatic rings. The van der Waals surface area contributed by atoms with Gasteiger partial charge in [0.2, 0.25) is 16.0 Å². The second-order valence-electron chi connectivity index (χ2n) is 4.07. The number of nitrogens with one attached hydrogen (secondary N) is 2. The van der Waals surface area contributed by atoms with Crippen LogP contribution < -0.4 is 10.0 Å². The van der Waals surface area contributed by atoms with Gasteiger partial charge < -0.3 is 10.1 Å². The maximum atomic E-state index is 11.9. The molecule has 1 unspecified atom stereocenters. The maximum absolute atomic E-state index is 11.9. The maximum Gasteiger partial charge on any atom is 0.243 e. The fourth-order valence-corrected chi connectivity index (χ4v) is 2.64. The summed E-state index contributed by atoms with van der Waals surface area (Å²) in [6.07, 6.45) is 3.45. The Morgan fingerprint density at radius 3 is 2.72 bits per heavy atom. The van der Waals surface area contributed by atoms with Crippen LogP contribution in [-0.4, -0.2) is 45.2 Å². The van der Waals surface area contributed by atoms with Crippen molar-refractivity contribution < 1.29 is 13.2 Å². The first-order valence-corrected chi connectivity index (χ1v) is 7.17. The first-order valence-electron chi connectivity index (χ1n) is 5.69. The molecule has 1 fully saturated rings. The Bertz CT molecular complexity index is 482. The SMILES string of the molecule is CNc1ncc(S(=O)(=O)NCC2CCOC2)cn1. The molecule has 0 radical (unpaired) electrons. The van der Waals surface area contributed by atoms with Crippen LogP contribution in [0.1, 0.15) is 6.42 Å². The van der Waals surface area contributed by atoms with E-state index in [1.54, 1.807) is 7.05 Å². The Hall–Kier alpha value is -1.25. The van der Waals surface area contributed by atoms with Crippen LogP contribution in [0.2, 0.25) is 0 Å². The summed E-state index contributed by atoms with van der Waals surface area (Å²) >= 11 is 0. The largest absolute Gasteiger partial charge is 0.381 e. The number of nitrogens with zero attached hydrogens (tertiary/aromatic N) is 2. The second-order valence-corrected chi connectivity index (χ2v) is 5.84. The fraction of sp³-hybridized carbons (Fsp3) is 0.600. The molecule has 18 heavy (non-hydrogen) atoms. The van der Waals surface area contributed by atoms with Crippen LogP contribution in [0.25, 0.3) is 0 Å². The van der Waals surface area contributed by atoms with E-state index >= 15 is 0 Å². The summed E-state index contributed by atoms with van der Waals surface area (Å²) in [5.41, 5.74) is 0. The van der Waals surface area contributed by atoms with E-state index in [1.807, 2.05) is 0 Å². The molecule has 2 heterocycles. The number of hydrogen-bond donors (Lipinski definition) is 2. The first-order chi connectivity index (χ1) is 8.62. The van der Waals surface area contributed by atoms with Crippen LogP contribution in [0.3, 0.4) is 0 Å². The second kappa shape index (κ2) is 5.59. The average Bonchev–Trinajstić information content (AvgIpc) is 2.90. The monoisotopic (exact) mass is 272 g/mol. The van der Waals surface area contributed by atoms with Gasteiger partial charge in [-0.15, -0.1) is 0 Å². The van der Waals surface area contributed by atoms with Crippen LogP contribution in [-0.2, 0) is 14.8 Å². The van der Waals surface area contributed by atoms with E-state index in [2.05, 4.69) is 20.0 Å². The van der Waals surface area contributed by atoms with E-state index in [0.29, 0.717) is 25.7 Å². The van der Waals surface area contributed by atoms with E-state index in [0.717, 1.165) is 6.42 Å². The summed E-state index contributed by atoms with van der Waals surface area (Å²) < 4.78 is 31.6. The third-order valence-electron chi connectivity index (χ3n) is 2.75. The summed E-state index contributed by atoms with van der Waals surface area (Å²) in [4.78, 5) is 7.82. The molecule has 2 rings (SSSR count). The van der Waals surface area contributed by atoms with Gasteiger partial charge in [-0.05, 0) is 12.3 Å². The molecule has 7 nitrogen and oxygen atoms in total. The topological polar surface area (TPSA) is 93.2 Å². The van der Waals surface area contributed by atoms with Crippen molar-refractivity contribution in [2.45, 2.75) is 11.3 Å². The molecule has 1 saturated heterocycles. The fourth-order valence-electron chi connectivity index (χ4n) is 1.64. The molecule has 8 heteroatoms. The summed E-state index contributed by atoms with van der Waals surface area (Å²) in [6, 6.07) is 0. The lowest BCUT2D eigenvalue weighted by atomic mass is 10.1. The molecule has 100 valence electrons. The Labute approximate surface area is 106 Å². The highest BCUT2D eigenvalue weighted by Crippen LogP contribution is 2.13. The van der Waals surface area contributed by atoms with Gasteiger partial charge in [0.15, 0.2) is 0 Å². The molecule has 1 aromatic rings. The van der Waals surface area contributed by atoms with Crippen molar-refractivity contribution in [1.82, 2.24) is 14.7 Å². The zero-order valence-corrected chi connectivity index (χ0v) is 10.9. The zero-order chi connectivity index (χ0) is 13.0. The predicted octanol–water partition coefficient (Wildman–Crippen LogP) is -0.167. The molecular weight excluding hydrogens is 256 g/mol. The van der Waals surface area contributed by atoms with Gasteiger partial charge in [-0.25, -0.2) is 23.1 Å². The molecule has 2 N–H and O–H groups in total. The number of rotatable bonds is 5. The third-order valence-corrected chi connectivity index (χ3v) is 4.13. The van der Waals surface area contributed by atoms with Gasteiger partial charge in [0, 0.05) is 20.2 Å². The number of ether oxygens (including phenoxy) is 1. The molecule has 0 saturated carbocycles. The third kappa shape index (κ3) is 3.15. The van der Waals surface area contributed by atoms with Crippen molar-refractivity contribution >= 4 is 16.0 Å². The molecule has 1 aromatic heterocycles. The Morgan fingerprint density at radius 2 is 2.17 bits per heavy atom. The van der Waals surface area contributed by atoms with E-state index in [9.17, 15) is 8.42 Å². The highest BCUT2D eigenvalue weighted by molar-refractivity contribution is 7.89. The average molecular weight is 272 g/mol. The number of hydrogen-bond acceptors (Lipinski definition) is 6. The Kier molecular flexibility index (Phi) is 4.10. The van der Waals surface area contributed by atoms with E-state index < -0.39 is 10.0 Å². The molecular formula is C10H16N4O3S. The smallest absolute Gasteiger partial charge is 0.243 e. The van der Waals surface area contributed by atoms with Gasteiger partial charge in [0.05, 0.1) is 19.0 Å². The molecule has 0 bridgehead atoms. The lowest BCUT2D eigenvalue weighted by molar-refractivity contribution is 0.186. The minimum absolute atomic E-state index is 0.0698. The molecule has 1 atom stereocenters. The van der Waals surface area contributed by atoms with E-state index in [4.69, 9.17) is 4.74 Å². The predicted molar refractivity (Wildman–Crippen MR) is 65.7 cm³/mol. The summed E-state index contributed by atoms with van der Waals surface area (Å²) in [7, 11) is -1.86. The number of anilines is 1. The van der Waals surface area contributed by atoms with E-state index in [-0.39, 0.29) is 10.8 Å². The Morgan fingerprint density at radius 1 is 1.44 bits per heavy atom. The van der Waals surface area contributed by atoms with Crippen LogP contribution in [0.15, 0.2) is 17.3 Å². The van der Waals surface area contributed by atoms with Gasteiger partial charge in [0.25, 0.3) is 0 Å². The van der Waals surface area contributed by atoms with Crippen molar-refractivity contribution in [2.24, 2.45) is 5.92 Å². The van der Waals surface area contributed by atoms with Crippen molar-refractivity contribution in [3.63, 3.8) is 0 Å². The number of aromatic nitrogens is 2. The van der Waals surface area contributed by atoms with Gasteiger partial charge in [-0.2, -0.15) is 0 Å². The van der Waals surface area contributed by atoms with Crippen molar-refractivity contribution in [3.05, 3.63) is 12.4 Å². The van der Waals surface area contributed by atoms with Crippen LogP contribution in [0, 0.1) is 5.92 Å². The van der Waals surface area contributed by atoms with Crippen LogP contribution in [0.4, 0.5) is 5.95 Å². The van der Waals surface area contributed by atoms with Crippen molar-refractivity contribution in [2.75, 3.05) is 32.1 Å². The van der Waals surface area contributed by atoms with Crippen molar-refractivity contribution in [3.8, 4) is 0 Å². The summed E-state index contributed by atoms with van der Waals surface area (Å²) in [5.74, 6) is 0.635. The molecule has 0 aliphatic carbocycles. The van der Waals surface area contributed by atoms with Gasteiger partial charge >= 0.3 is 0 Å². The molecule has 0 spiro atoms. The Balaban J connectivity index is 2.00. The summed E-state index contributed by atoms with van der Waals surface area (Å²) in [5, 5.41) is 2.73. The standard InChI is InChI=1S/C10H16N4O3S/c1-11-10-12-5-9(6-13-10)18(15,16)14-4-8-2-3-17-7-8/h5-6,8,14H,2-4,7H2,1H3,(H,11,12,13). The van der Waals surface area contributed by atoms with Crippen molar-refractivity contribution in [1.29, 1.82) is 0 Å². The van der Waals surface area contributed by atoms with Gasteiger partial charge in [-0.3, -0.25) is 0 Å². The zero-order valence-electron chi connectivity index (χ0n) is 10.1. The van der Waals surface area contributed by atoms with Crippen LogP contribution >= 0.6 is 0 Å². The quantitative estimate of drug-likeness (QED) is 0.773. The van der Waals surface area contributed by atoms with Gasteiger partial charge in [-0.1, -0.05) is 0 Å². The molecule has 1 aliphatic heterocycles. The lowest BCUT2D eigenvalue weighted by Crippen LogP contribution is -2.29. The van der Waals surface area contributed by atoms with Crippen LogP contribution in [0.5, 0.6) is 0 Å². The summed E-state index contributed by atoms with van der Waals surface area (Å²) in [6.45, 7) is 1.69. The van der Waals surface area contributed by atoms with Gasteiger partial charge in [0.1, 0.15) is 4.90 Å². The number of sulfonamides is 1. The normalized spacial score (nSPS) is 19.9. The minimum atomic E-state index is -3.53. The lowest BCUT2D eigenvalue weighted by Gasteiger charge is -2.10. The molecule has 0 aromatic carbocycles. The highest BCUT2D eigenvalue weighted by Gasteiger charge is 2.20.